The second-order valence-electron chi connectivity index (χ2n) is 3.79. The van der Waals surface area contributed by atoms with Crippen LogP contribution in [0.4, 0.5) is 10.8 Å². The Balaban J connectivity index is 2.05. The van der Waals surface area contributed by atoms with Crippen molar-refractivity contribution in [2.45, 2.75) is 12.8 Å². The number of anilines is 2. The van der Waals surface area contributed by atoms with Crippen LogP contribution in [0.2, 0.25) is 0 Å². The van der Waals surface area contributed by atoms with Gasteiger partial charge < -0.3 is 16.8 Å². The zero-order chi connectivity index (χ0) is 13.1. The zero-order valence-electron chi connectivity index (χ0n) is 9.71. The molecule has 2 aromatic rings. The molecule has 0 fully saturated rings. The zero-order valence-corrected chi connectivity index (χ0v) is 11.3. The normalized spacial score (nSPS) is 12.3. The number of primary amides is 1. The van der Waals surface area contributed by atoms with Gasteiger partial charge in [0.2, 0.25) is 0 Å². The van der Waals surface area contributed by atoms with Gasteiger partial charge in [0.1, 0.15) is 10.6 Å². The van der Waals surface area contributed by atoms with E-state index in [2.05, 4.69) is 21.6 Å². The van der Waals surface area contributed by atoms with Gasteiger partial charge in [-0.3, -0.25) is 4.79 Å². The standard InChI is InChI=1S/C10H13N5OS2/c1-5(9-13-2-3-17-9)4-14-10-6(8(12)16)7(11)15-18-10/h2-3,5,14H,4H2,1H3,(H2,11,15)(H2,12,16). The molecule has 96 valence electrons. The van der Waals surface area contributed by atoms with Crippen LogP contribution in [-0.4, -0.2) is 21.8 Å². The van der Waals surface area contributed by atoms with Crippen LogP contribution in [-0.2, 0) is 0 Å². The van der Waals surface area contributed by atoms with Gasteiger partial charge >= 0.3 is 0 Å². The summed E-state index contributed by atoms with van der Waals surface area (Å²) >= 11 is 2.74. The third-order valence-electron chi connectivity index (χ3n) is 2.41. The average molecular weight is 283 g/mol. The van der Waals surface area contributed by atoms with Gasteiger partial charge in [0.25, 0.3) is 5.91 Å². The summed E-state index contributed by atoms with van der Waals surface area (Å²) < 4.78 is 3.92. The van der Waals surface area contributed by atoms with Crippen molar-refractivity contribution in [3.63, 3.8) is 0 Å². The van der Waals surface area contributed by atoms with Crippen molar-refractivity contribution in [3.8, 4) is 0 Å². The SMILES string of the molecule is CC(CNc1snc(N)c1C(N)=O)c1nccs1. The summed E-state index contributed by atoms with van der Waals surface area (Å²) in [5.41, 5.74) is 11.1. The molecule has 1 atom stereocenters. The predicted molar refractivity (Wildman–Crippen MR) is 74.1 cm³/mol. The molecule has 8 heteroatoms. The number of rotatable bonds is 5. The first kappa shape index (κ1) is 12.8. The second-order valence-corrected chi connectivity index (χ2v) is 5.49. The van der Waals surface area contributed by atoms with E-state index in [0.29, 0.717) is 11.5 Å². The number of carbonyl (C=O) groups is 1. The van der Waals surface area contributed by atoms with Crippen LogP contribution in [0.3, 0.4) is 0 Å². The Morgan fingerprint density at radius 3 is 3.00 bits per heavy atom. The van der Waals surface area contributed by atoms with E-state index in [-0.39, 0.29) is 17.3 Å². The lowest BCUT2D eigenvalue weighted by Gasteiger charge is -2.10. The minimum Gasteiger partial charge on any atom is -0.382 e. The molecule has 0 bridgehead atoms. The van der Waals surface area contributed by atoms with Gasteiger partial charge in [-0.25, -0.2) is 4.98 Å². The highest BCUT2D eigenvalue weighted by Crippen LogP contribution is 2.27. The number of hydrogen-bond acceptors (Lipinski definition) is 7. The fraction of sp³-hybridized carbons (Fsp3) is 0.300. The van der Waals surface area contributed by atoms with Crippen LogP contribution in [0.15, 0.2) is 11.6 Å². The molecule has 0 radical (unpaired) electrons. The maximum atomic E-state index is 11.2. The Bertz CT molecular complexity index is 536. The summed E-state index contributed by atoms with van der Waals surface area (Å²) in [5.74, 6) is -0.142. The van der Waals surface area contributed by atoms with E-state index >= 15 is 0 Å². The van der Waals surface area contributed by atoms with Crippen molar-refractivity contribution in [3.05, 3.63) is 22.1 Å². The Labute approximate surface area is 112 Å². The van der Waals surface area contributed by atoms with Gasteiger partial charge in [-0.2, -0.15) is 4.37 Å². The van der Waals surface area contributed by atoms with Gasteiger partial charge in [-0.05, 0) is 11.5 Å². The first-order chi connectivity index (χ1) is 8.59. The summed E-state index contributed by atoms with van der Waals surface area (Å²) in [5, 5.41) is 6.74. The number of hydrogen-bond donors (Lipinski definition) is 3. The average Bonchev–Trinajstić information content (AvgIpc) is 2.94. The molecule has 18 heavy (non-hydrogen) atoms. The van der Waals surface area contributed by atoms with Crippen molar-refractivity contribution < 1.29 is 4.79 Å². The molecule has 2 heterocycles. The molecule has 0 spiro atoms. The van der Waals surface area contributed by atoms with E-state index in [1.165, 1.54) is 0 Å². The summed E-state index contributed by atoms with van der Waals surface area (Å²) in [4.78, 5) is 15.5. The Kier molecular flexibility index (Phi) is 3.78. The number of nitrogens with two attached hydrogens (primary N) is 2. The van der Waals surface area contributed by atoms with Gasteiger partial charge in [-0.1, -0.05) is 6.92 Å². The van der Waals surface area contributed by atoms with Crippen LogP contribution in [0.5, 0.6) is 0 Å². The van der Waals surface area contributed by atoms with Crippen molar-refractivity contribution in [2.24, 2.45) is 5.73 Å². The van der Waals surface area contributed by atoms with Gasteiger partial charge in [-0.15, -0.1) is 11.3 Å². The summed E-state index contributed by atoms with van der Waals surface area (Å²) in [6.45, 7) is 2.70. The van der Waals surface area contributed by atoms with Crippen LogP contribution in [0.1, 0.15) is 28.2 Å². The molecule has 0 saturated heterocycles. The number of aromatic nitrogens is 2. The molecule has 6 nitrogen and oxygen atoms in total. The second kappa shape index (κ2) is 5.32. The lowest BCUT2D eigenvalue weighted by atomic mass is 10.2. The first-order valence-corrected chi connectivity index (χ1v) is 6.93. The molecular weight excluding hydrogens is 270 g/mol. The van der Waals surface area contributed by atoms with E-state index < -0.39 is 5.91 Å². The van der Waals surface area contributed by atoms with Crippen molar-refractivity contribution in [1.29, 1.82) is 0 Å². The van der Waals surface area contributed by atoms with Crippen LogP contribution in [0.25, 0.3) is 0 Å². The van der Waals surface area contributed by atoms with E-state index in [1.54, 1.807) is 17.5 Å². The molecule has 0 aromatic carbocycles. The maximum Gasteiger partial charge on any atom is 0.255 e. The highest BCUT2D eigenvalue weighted by Gasteiger charge is 2.17. The Morgan fingerprint density at radius 2 is 2.39 bits per heavy atom. The fourth-order valence-corrected chi connectivity index (χ4v) is 2.90. The van der Waals surface area contributed by atoms with Crippen LogP contribution < -0.4 is 16.8 Å². The van der Waals surface area contributed by atoms with Crippen molar-refractivity contribution in [1.82, 2.24) is 9.36 Å². The molecule has 2 rings (SSSR count). The number of amides is 1. The maximum absolute atomic E-state index is 11.2. The number of nitrogen functional groups attached to an aromatic ring is 1. The summed E-state index contributed by atoms with van der Waals surface area (Å²) in [7, 11) is 0. The number of nitrogens with zero attached hydrogens (tertiary/aromatic N) is 2. The van der Waals surface area contributed by atoms with E-state index in [9.17, 15) is 4.79 Å². The largest absolute Gasteiger partial charge is 0.382 e. The van der Waals surface area contributed by atoms with Crippen LogP contribution >= 0.6 is 22.9 Å². The predicted octanol–water partition coefficient (Wildman–Crippen LogP) is 1.50. The third kappa shape index (κ3) is 2.59. The molecule has 1 unspecified atom stereocenters. The summed E-state index contributed by atoms with van der Waals surface area (Å²) in [6.07, 6.45) is 1.77. The number of nitrogens with one attached hydrogen (secondary N) is 1. The Morgan fingerprint density at radius 1 is 1.61 bits per heavy atom. The van der Waals surface area contributed by atoms with Gasteiger partial charge in [0, 0.05) is 24.0 Å². The lowest BCUT2D eigenvalue weighted by molar-refractivity contribution is 0.100. The summed E-state index contributed by atoms with van der Waals surface area (Å²) in [6, 6.07) is 0. The molecule has 1 amide bonds. The lowest BCUT2D eigenvalue weighted by Crippen LogP contribution is -2.16. The number of thiazole rings is 1. The quantitative estimate of drug-likeness (QED) is 0.770. The molecular formula is C10H13N5OS2. The minimum absolute atomic E-state index is 0.178. The van der Waals surface area contributed by atoms with E-state index in [4.69, 9.17) is 11.5 Å². The van der Waals surface area contributed by atoms with Crippen LogP contribution in [0, 0.1) is 0 Å². The monoisotopic (exact) mass is 283 g/mol. The van der Waals surface area contributed by atoms with Crippen molar-refractivity contribution in [2.75, 3.05) is 17.6 Å². The first-order valence-electron chi connectivity index (χ1n) is 5.27. The van der Waals surface area contributed by atoms with Gasteiger partial charge in [0.15, 0.2) is 5.82 Å². The molecule has 2 aromatic heterocycles. The van der Waals surface area contributed by atoms with E-state index in [0.717, 1.165) is 16.5 Å². The van der Waals surface area contributed by atoms with E-state index in [1.807, 2.05) is 5.38 Å². The molecule has 0 saturated carbocycles. The molecule has 0 aliphatic carbocycles. The molecule has 0 aliphatic heterocycles. The molecule has 0 aliphatic rings. The topological polar surface area (TPSA) is 107 Å². The van der Waals surface area contributed by atoms with Gasteiger partial charge in [0.05, 0.1) is 5.01 Å². The third-order valence-corrected chi connectivity index (χ3v) is 4.23. The highest BCUT2D eigenvalue weighted by molar-refractivity contribution is 7.11. The minimum atomic E-state index is -0.564. The Hall–Kier alpha value is -1.67. The van der Waals surface area contributed by atoms with Crippen molar-refractivity contribution >= 4 is 39.6 Å². The number of carbonyl (C=O) groups excluding carboxylic acids is 1. The highest BCUT2D eigenvalue weighted by atomic mass is 32.1. The molecule has 5 N–H and O–H groups in total. The fourth-order valence-electron chi connectivity index (χ4n) is 1.47. The smallest absolute Gasteiger partial charge is 0.255 e.